The molecule has 1 aliphatic heterocycles. The number of halogens is 9. The van der Waals surface area contributed by atoms with Gasteiger partial charge >= 0.3 is 30.9 Å². The standard InChI is InChI=1S/C26H25F9N2O5/c1-5-13(2)37(23(39)40-4)20-7-6-19(42-26(33,34)35)10-16(20)12-36-14(3)21(41-22(36)38)15-8-17(24(27,28)29)11-18(9-15)25(30,31)32/h6-11,13-14,21H,5,12H2,1-4H3/t13?,14-,21-/m0/s1. The normalized spacial score (nSPS) is 18.5. The second kappa shape index (κ2) is 11.8. The molecule has 0 aliphatic carbocycles. The van der Waals surface area contributed by atoms with Crippen LogP contribution in [-0.2, 0) is 28.4 Å². The van der Waals surface area contributed by atoms with Crippen LogP contribution in [0.15, 0.2) is 36.4 Å². The van der Waals surface area contributed by atoms with Gasteiger partial charge in [-0.15, -0.1) is 13.2 Å². The van der Waals surface area contributed by atoms with Crippen LogP contribution in [0.5, 0.6) is 5.75 Å². The molecule has 2 aromatic rings. The first-order valence-corrected chi connectivity index (χ1v) is 12.3. The van der Waals surface area contributed by atoms with Crippen LogP contribution < -0.4 is 9.64 Å². The molecular weight excluding hydrogens is 591 g/mol. The SMILES string of the molecule is CCC(C)N(C(=O)OC)c1ccc(OC(F)(F)F)cc1CN1C(=O)O[C@H](c2cc(C(F)(F)F)cc(C(F)(F)F)c2)[C@@H]1C. The van der Waals surface area contributed by atoms with Crippen molar-refractivity contribution in [3.8, 4) is 5.75 Å². The molecule has 1 aliphatic rings. The van der Waals surface area contributed by atoms with Gasteiger partial charge in [-0.2, -0.15) is 26.3 Å². The Labute approximate surface area is 233 Å². The number of alkyl halides is 9. The van der Waals surface area contributed by atoms with Gasteiger partial charge in [0.25, 0.3) is 0 Å². The summed E-state index contributed by atoms with van der Waals surface area (Å²) in [5.41, 5.74) is -3.88. The molecule has 1 saturated heterocycles. The summed E-state index contributed by atoms with van der Waals surface area (Å²) in [6.45, 7) is 4.06. The van der Waals surface area contributed by atoms with Gasteiger partial charge in [-0.05, 0) is 67.8 Å². The van der Waals surface area contributed by atoms with E-state index in [0.717, 1.165) is 35.1 Å². The average Bonchev–Trinajstić information content (AvgIpc) is 3.15. The van der Waals surface area contributed by atoms with Crippen LogP contribution in [0.3, 0.4) is 0 Å². The molecule has 0 N–H and O–H groups in total. The summed E-state index contributed by atoms with van der Waals surface area (Å²) in [7, 11) is 1.08. The van der Waals surface area contributed by atoms with E-state index in [2.05, 4.69) is 4.74 Å². The average molecular weight is 616 g/mol. The number of rotatable bonds is 7. The summed E-state index contributed by atoms with van der Waals surface area (Å²) in [5.74, 6) is -0.709. The second-order valence-electron chi connectivity index (χ2n) is 9.45. The zero-order valence-electron chi connectivity index (χ0n) is 22.4. The Bertz CT molecular complexity index is 1280. The van der Waals surface area contributed by atoms with Crippen molar-refractivity contribution in [1.29, 1.82) is 0 Å². The molecule has 1 fully saturated rings. The highest BCUT2D eigenvalue weighted by Gasteiger charge is 2.44. The van der Waals surface area contributed by atoms with E-state index in [4.69, 9.17) is 9.47 Å². The summed E-state index contributed by atoms with van der Waals surface area (Å²) in [6.07, 6.45) is -18.7. The van der Waals surface area contributed by atoms with Crippen molar-refractivity contribution in [3.63, 3.8) is 0 Å². The van der Waals surface area contributed by atoms with Crippen LogP contribution in [-0.4, -0.2) is 42.6 Å². The van der Waals surface area contributed by atoms with Gasteiger partial charge in [0.2, 0.25) is 0 Å². The van der Waals surface area contributed by atoms with Gasteiger partial charge in [-0.1, -0.05) is 6.92 Å². The minimum Gasteiger partial charge on any atom is -0.452 e. The lowest BCUT2D eigenvalue weighted by atomic mass is 9.97. The lowest BCUT2D eigenvalue weighted by Gasteiger charge is -2.31. The Morgan fingerprint density at radius 1 is 1.00 bits per heavy atom. The van der Waals surface area contributed by atoms with Crippen LogP contribution in [0, 0.1) is 0 Å². The van der Waals surface area contributed by atoms with Gasteiger partial charge in [0.15, 0.2) is 0 Å². The number of hydrogen-bond donors (Lipinski definition) is 0. The molecule has 7 nitrogen and oxygen atoms in total. The molecule has 0 spiro atoms. The van der Waals surface area contributed by atoms with Gasteiger partial charge in [0, 0.05) is 6.04 Å². The topological polar surface area (TPSA) is 68.3 Å². The number of hydrogen-bond acceptors (Lipinski definition) is 5. The van der Waals surface area contributed by atoms with E-state index in [1.165, 1.54) is 6.92 Å². The van der Waals surface area contributed by atoms with E-state index < -0.39 is 78.1 Å². The maximum atomic E-state index is 13.4. The Hall–Kier alpha value is -3.85. The Kier molecular flexibility index (Phi) is 9.17. The van der Waals surface area contributed by atoms with Crippen molar-refractivity contribution >= 4 is 17.9 Å². The van der Waals surface area contributed by atoms with Crippen LogP contribution in [0.4, 0.5) is 54.8 Å². The fourth-order valence-corrected chi connectivity index (χ4v) is 4.40. The van der Waals surface area contributed by atoms with Crippen LogP contribution >= 0.6 is 0 Å². The van der Waals surface area contributed by atoms with E-state index in [9.17, 15) is 49.1 Å². The molecule has 1 heterocycles. The van der Waals surface area contributed by atoms with E-state index in [1.54, 1.807) is 13.8 Å². The first kappa shape index (κ1) is 32.7. The molecule has 0 bridgehead atoms. The number of methoxy groups -OCH3 is 1. The zero-order chi connectivity index (χ0) is 31.8. The smallest absolute Gasteiger partial charge is 0.452 e. The molecule has 232 valence electrons. The van der Waals surface area contributed by atoms with Crippen molar-refractivity contribution in [1.82, 2.24) is 4.90 Å². The predicted octanol–water partition coefficient (Wildman–Crippen LogP) is 8.08. The summed E-state index contributed by atoms with van der Waals surface area (Å²) < 4.78 is 133. The number of cyclic esters (lactones) is 1. The molecular formula is C26H25F9N2O5. The minimum atomic E-state index is -5.15. The third-order valence-electron chi connectivity index (χ3n) is 6.62. The highest BCUT2D eigenvalue weighted by atomic mass is 19.4. The Morgan fingerprint density at radius 2 is 1.57 bits per heavy atom. The molecule has 0 radical (unpaired) electrons. The summed E-state index contributed by atoms with van der Waals surface area (Å²) >= 11 is 0. The van der Waals surface area contributed by atoms with Gasteiger partial charge in [-0.25, -0.2) is 9.59 Å². The number of carbonyl (C=O) groups is 2. The number of anilines is 1. The van der Waals surface area contributed by atoms with E-state index in [1.807, 2.05) is 0 Å². The van der Waals surface area contributed by atoms with Crippen molar-refractivity contribution in [2.75, 3.05) is 12.0 Å². The molecule has 0 saturated carbocycles. The maximum Gasteiger partial charge on any atom is 0.573 e. The van der Waals surface area contributed by atoms with Crippen LogP contribution in [0.1, 0.15) is 55.5 Å². The first-order chi connectivity index (χ1) is 19.3. The zero-order valence-corrected chi connectivity index (χ0v) is 22.4. The lowest BCUT2D eigenvalue weighted by molar-refractivity contribution is -0.274. The molecule has 42 heavy (non-hydrogen) atoms. The van der Waals surface area contributed by atoms with E-state index in [-0.39, 0.29) is 17.3 Å². The lowest BCUT2D eigenvalue weighted by Crippen LogP contribution is -2.40. The highest BCUT2D eigenvalue weighted by Crippen LogP contribution is 2.42. The molecule has 3 rings (SSSR count). The summed E-state index contributed by atoms with van der Waals surface area (Å²) in [4.78, 5) is 27.5. The molecule has 1 unspecified atom stereocenters. The van der Waals surface area contributed by atoms with Gasteiger partial charge in [0.1, 0.15) is 11.9 Å². The van der Waals surface area contributed by atoms with E-state index >= 15 is 0 Å². The van der Waals surface area contributed by atoms with E-state index in [0.29, 0.717) is 18.6 Å². The largest absolute Gasteiger partial charge is 0.573 e. The molecule has 0 aromatic heterocycles. The monoisotopic (exact) mass is 616 g/mol. The predicted molar refractivity (Wildman–Crippen MR) is 128 cm³/mol. The number of nitrogens with zero attached hydrogens (tertiary/aromatic N) is 2. The number of benzene rings is 2. The summed E-state index contributed by atoms with van der Waals surface area (Å²) in [6, 6.07) is 2.00. The minimum absolute atomic E-state index is 0.0209. The quantitative estimate of drug-likeness (QED) is 0.295. The Balaban J connectivity index is 2.08. The highest BCUT2D eigenvalue weighted by molar-refractivity contribution is 5.89. The first-order valence-electron chi connectivity index (χ1n) is 12.3. The number of carbonyl (C=O) groups excluding carboxylic acids is 2. The van der Waals surface area contributed by atoms with Gasteiger partial charge in [0.05, 0.1) is 36.5 Å². The summed E-state index contributed by atoms with van der Waals surface area (Å²) in [5, 5.41) is 0. The van der Waals surface area contributed by atoms with Crippen LogP contribution in [0.2, 0.25) is 0 Å². The van der Waals surface area contributed by atoms with Crippen LogP contribution in [0.25, 0.3) is 0 Å². The van der Waals surface area contributed by atoms with Gasteiger partial charge in [-0.3, -0.25) is 9.80 Å². The Morgan fingerprint density at radius 3 is 2.05 bits per heavy atom. The third-order valence-corrected chi connectivity index (χ3v) is 6.62. The molecule has 3 atom stereocenters. The third kappa shape index (κ3) is 7.31. The second-order valence-corrected chi connectivity index (χ2v) is 9.45. The van der Waals surface area contributed by atoms with Crippen molar-refractivity contribution in [2.24, 2.45) is 0 Å². The van der Waals surface area contributed by atoms with Crippen molar-refractivity contribution < 1.29 is 63.3 Å². The molecule has 2 amide bonds. The van der Waals surface area contributed by atoms with Crippen molar-refractivity contribution in [2.45, 2.75) is 70.6 Å². The molecule has 2 aromatic carbocycles. The number of ether oxygens (including phenoxy) is 3. The maximum absolute atomic E-state index is 13.4. The molecule has 16 heteroatoms. The fourth-order valence-electron chi connectivity index (χ4n) is 4.40. The van der Waals surface area contributed by atoms with Crippen molar-refractivity contribution in [3.05, 3.63) is 58.7 Å². The van der Waals surface area contributed by atoms with Gasteiger partial charge < -0.3 is 14.2 Å². The number of amides is 2. The fraction of sp³-hybridized carbons (Fsp3) is 0.462.